The summed E-state index contributed by atoms with van der Waals surface area (Å²) in [5, 5.41) is 7.11. The Morgan fingerprint density at radius 3 is 2.57 bits per heavy atom. The van der Waals surface area contributed by atoms with Crippen LogP contribution in [0.15, 0.2) is 29.3 Å². The highest BCUT2D eigenvalue weighted by molar-refractivity contribution is 14.0. The molecule has 2 fully saturated rings. The molecule has 0 saturated carbocycles. The molecule has 0 aromatic heterocycles. The number of aliphatic imine (C=N–C) groups is 1. The van der Waals surface area contributed by atoms with E-state index in [-0.39, 0.29) is 24.0 Å². The fraction of sp³-hybridized carbons (Fsp3) is 0.696. The van der Waals surface area contributed by atoms with E-state index < -0.39 is 0 Å². The number of nitrogens with one attached hydrogen (secondary N) is 2. The Morgan fingerprint density at radius 2 is 1.90 bits per heavy atom. The van der Waals surface area contributed by atoms with Crippen molar-refractivity contribution in [1.82, 2.24) is 20.4 Å². The fourth-order valence-electron chi connectivity index (χ4n) is 4.52. The Labute approximate surface area is 199 Å². The lowest BCUT2D eigenvalue weighted by atomic mass is 9.94. The predicted octanol–water partition coefficient (Wildman–Crippen LogP) is 3.35. The van der Waals surface area contributed by atoms with Gasteiger partial charge in [-0.05, 0) is 88.9 Å². The maximum atomic E-state index is 5.45. The highest BCUT2D eigenvalue weighted by Crippen LogP contribution is 2.27. The Morgan fingerprint density at radius 1 is 1.17 bits per heavy atom. The van der Waals surface area contributed by atoms with Gasteiger partial charge < -0.3 is 20.3 Å². The van der Waals surface area contributed by atoms with Gasteiger partial charge in [0.05, 0.1) is 13.2 Å². The van der Waals surface area contributed by atoms with Crippen molar-refractivity contribution in [2.75, 3.05) is 60.5 Å². The molecule has 30 heavy (non-hydrogen) atoms. The van der Waals surface area contributed by atoms with E-state index in [0.29, 0.717) is 6.04 Å². The molecule has 2 N–H and O–H groups in total. The SMILES string of the molecule is CN=C(NCCC1CCN(C)CC1)NCC(c1cccc(OC)c1)N1CCCC1.I. The first-order valence-corrected chi connectivity index (χ1v) is 11.2. The number of likely N-dealkylation sites (tertiary alicyclic amines) is 2. The van der Waals surface area contributed by atoms with Crippen LogP contribution >= 0.6 is 24.0 Å². The number of nitrogens with zero attached hydrogens (tertiary/aromatic N) is 3. The molecule has 1 aromatic rings. The number of ether oxygens (including phenoxy) is 1. The third-order valence-corrected chi connectivity index (χ3v) is 6.43. The summed E-state index contributed by atoms with van der Waals surface area (Å²) in [5.74, 6) is 2.67. The Bertz CT molecular complexity index is 642. The fourth-order valence-corrected chi connectivity index (χ4v) is 4.52. The zero-order chi connectivity index (χ0) is 20.5. The van der Waals surface area contributed by atoms with Gasteiger partial charge in [0.25, 0.3) is 0 Å². The van der Waals surface area contributed by atoms with Gasteiger partial charge in [-0.15, -0.1) is 24.0 Å². The van der Waals surface area contributed by atoms with E-state index in [2.05, 4.69) is 50.7 Å². The maximum absolute atomic E-state index is 5.45. The Kier molecular flexibility index (Phi) is 11.2. The Hall–Kier alpha value is -1.06. The zero-order valence-corrected chi connectivity index (χ0v) is 21.2. The van der Waals surface area contributed by atoms with Crippen molar-refractivity contribution in [3.63, 3.8) is 0 Å². The van der Waals surface area contributed by atoms with E-state index in [4.69, 9.17) is 4.74 Å². The van der Waals surface area contributed by atoms with Crippen molar-refractivity contribution in [2.24, 2.45) is 10.9 Å². The van der Waals surface area contributed by atoms with Crippen molar-refractivity contribution >= 4 is 29.9 Å². The van der Waals surface area contributed by atoms with Gasteiger partial charge in [-0.3, -0.25) is 9.89 Å². The number of halogens is 1. The second-order valence-electron chi connectivity index (χ2n) is 8.45. The lowest BCUT2D eigenvalue weighted by Crippen LogP contribution is -2.43. The van der Waals surface area contributed by atoms with Crippen molar-refractivity contribution in [3.05, 3.63) is 29.8 Å². The molecule has 7 heteroatoms. The quantitative estimate of drug-likeness (QED) is 0.308. The average molecular weight is 530 g/mol. The molecule has 0 radical (unpaired) electrons. The number of hydrogen-bond donors (Lipinski definition) is 2. The number of benzene rings is 1. The van der Waals surface area contributed by atoms with Gasteiger partial charge in [-0.2, -0.15) is 0 Å². The number of rotatable bonds is 8. The molecule has 3 rings (SSSR count). The summed E-state index contributed by atoms with van der Waals surface area (Å²) in [6, 6.07) is 8.82. The minimum atomic E-state index is 0. The number of hydrogen-bond acceptors (Lipinski definition) is 4. The van der Waals surface area contributed by atoms with E-state index >= 15 is 0 Å². The molecule has 0 aliphatic carbocycles. The lowest BCUT2D eigenvalue weighted by molar-refractivity contribution is 0.213. The second kappa shape index (κ2) is 13.4. The van der Waals surface area contributed by atoms with E-state index in [0.717, 1.165) is 43.8 Å². The van der Waals surface area contributed by atoms with Crippen LogP contribution in [0.1, 0.15) is 43.7 Å². The molecule has 2 heterocycles. The van der Waals surface area contributed by atoms with Crippen molar-refractivity contribution < 1.29 is 4.74 Å². The summed E-state index contributed by atoms with van der Waals surface area (Å²) in [6.07, 6.45) is 6.42. The number of piperidine rings is 1. The highest BCUT2D eigenvalue weighted by atomic mass is 127. The first-order valence-electron chi connectivity index (χ1n) is 11.2. The topological polar surface area (TPSA) is 52.1 Å². The maximum Gasteiger partial charge on any atom is 0.191 e. The zero-order valence-electron chi connectivity index (χ0n) is 18.9. The van der Waals surface area contributed by atoms with E-state index in [9.17, 15) is 0 Å². The van der Waals surface area contributed by atoms with Crippen molar-refractivity contribution in [3.8, 4) is 5.75 Å². The molecule has 6 nitrogen and oxygen atoms in total. The molecule has 170 valence electrons. The molecule has 0 spiro atoms. The first-order chi connectivity index (χ1) is 14.2. The van der Waals surface area contributed by atoms with Gasteiger partial charge in [0.15, 0.2) is 5.96 Å². The molecular formula is C23H40IN5O. The van der Waals surface area contributed by atoms with Crippen LogP contribution in [-0.4, -0.2) is 76.2 Å². The monoisotopic (exact) mass is 529 g/mol. The van der Waals surface area contributed by atoms with Crippen LogP contribution in [0.25, 0.3) is 0 Å². The van der Waals surface area contributed by atoms with Crippen LogP contribution in [0.2, 0.25) is 0 Å². The molecule has 2 aliphatic heterocycles. The van der Waals surface area contributed by atoms with Gasteiger partial charge in [0.1, 0.15) is 5.75 Å². The van der Waals surface area contributed by atoms with Gasteiger partial charge in [0, 0.05) is 20.1 Å². The minimum Gasteiger partial charge on any atom is -0.497 e. The largest absolute Gasteiger partial charge is 0.497 e. The third kappa shape index (κ3) is 7.57. The molecule has 0 amide bonds. The van der Waals surface area contributed by atoms with Crippen LogP contribution < -0.4 is 15.4 Å². The van der Waals surface area contributed by atoms with E-state index in [1.165, 1.54) is 50.8 Å². The standard InChI is InChI=1S/C23H39N5O.HI/c1-24-23(25-12-9-19-10-15-27(2)16-11-19)26-18-22(28-13-4-5-14-28)20-7-6-8-21(17-20)29-3;/h6-8,17,19,22H,4-5,9-16,18H2,1-3H3,(H2,24,25,26);1H. The van der Waals surface area contributed by atoms with Gasteiger partial charge in [0.2, 0.25) is 0 Å². The molecule has 1 atom stereocenters. The molecule has 1 unspecified atom stereocenters. The van der Waals surface area contributed by atoms with Crippen LogP contribution in [0, 0.1) is 5.92 Å². The van der Waals surface area contributed by atoms with Crippen LogP contribution in [0.3, 0.4) is 0 Å². The van der Waals surface area contributed by atoms with Crippen LogP contribution in [0.4, 0.5) is 0 Å². The lowest BCUT2D eigenvalue weighted by Gasteiger charge is -2.30. The van der Waals surface area contributed by atoms with Crippen molar-refractivity contribution in [1.29, 1.82) is 0 Å². The van der Waals surface area contributed by atoms with Crippen molar-refractivity contribution in [2.45, 2.75) is 38.1 Å². The summed E-state index contributed by atoms with van der Waals surface area (Å²) in [4.78, 5) is 9.46. The highest BCUT2D eigenvalue weighted by Gasteiger charge is 2.24. The van der Waals surface area contributed by atoms with Gasteiger partial charge in [-0.25, -0.2) is 0 Å². The third-order valence-electron chi connectivity index (χ3n) is 6.43. The summed E-state index contributed by atoms with van der Waals surface area (Å²) in [6.45, 7) is 6.62. The normalized spacial score (nSPS) is 19.9. The van der Waals surface area contributed by atoms with E-state index in [1.54, 1.807) is 7.11 Å². The number of guanidine groups is 1. The summed E-state index contributed by atoms with van der Waals surface area (Å²) >= 11 is 0. The van der Waals surface area contributed by atoms with Gasteiger partial charge >= 0.3 is 0 Å². The molecule has 2 aliphatic rings. The number of methoxy groups -OCH3 is 1. The molecule has 2 saturated heterocycles. The van der Waals surface area contributed by atoms with Crippen LogP contribution in [0.5, 0.6) is 5.75 Å². The summed E-state index contributed by atoms with van der Waals surface area (Å²) < 4.78 is 5.45. The molecule has 1 aromatic carbocycles. The minimum absolute atomic E-state index is 0. The first kappa shape index (κ1) is 25.2. The second-order valence-corrected chi connectivity index (χ2v) is 8.45. The summed E-state index contributed by atoms with van der Waals surface area (Å²) in [7, 11) is 5.82. The average Bonchev–Trinajstić information content (AvgIpc) is 3.28. The smallest absolute Gasteiger partial charge is 0.191 e. The van der Waals surface area contributed by atoms with Crippen LogP contribution in [-0.2, 0) is 0 Å². The van der Waals surface area contributed by atoms with Gasteiger partial charge in [-0.1, -0.05) is 12.1 Å². The Balaban J connectivity index is 0.00000320. The predicted molar refractivity (Wildman–Crippen MR) is 136 cm³/mol. The molecular weight excluding hydrogens is 489 g/mol. The molecule has 0 bridgehead atoms. The summed E-state index contributed by atoms with van der Waals surface area (Å²) in [5.41, 5.74) is 1.31. The van der Waals surface area contributed by atoms with E-state index in [1.807, 2.05) is 13.1 Å².